The molecule has 1 atom stereocenters. The Kier molecular flexibility index (Phi) is 1.59. The van der Waals surface area contributed by atoms with Gasteiger partial charge in [-0.15, -0.1) is 0 Å². The standard InChI is InChI=1S/C9H9NO2/c11-5-8-6-3-1-2-4-7(6)9(12)10-8/h1-4,8,11H,5H2,(H,10,12). The predicted molar refractivity (Wildman–Crippen MR) is 43.7 cm³/mol. The lowest BCUT2D eigenvalue weighted by molar-refractivity contribution is 0.0942. The molecule has 2 N–H and O–H groups in total. The predicted octanol–water partition coefficient (Wildman–Crippen LogP) is 0.463. The van der Waals surface area contributed by atoms with E-state index in [0.717, 1.165) is 5.56 Å². The number of aliphatic hydroxyl groups excluding tert-OH is 1. The van der Waals surface area contributed by atoms with E-state index >= 15 is 0 Å². The molecule has 0 saturated carbocycles. The number of fused-ring (bicyclic) bond motifs is 1. The van der Waals surface area contributed by atoms with E-state index in [9.17, 15) is 4.79 Å². The smallest absolute Gasteiger partial charge is 0.252 e. The average Bonchev–Trinajstić information content (AvgIpc) is 2.44. The van der Waals surface area contributed by atoms with Gasteiger partial charge in [-0.25, -0.2) is 0 Å². The fourth-order valence-electron chi connectivity index (χ4n) is 1.47. The molecule has 2 rings (SSSR count). The Bertz CT molecular complexity index is 322. The summed E-state index contributed by atoms with van der Waals surface area (Å²) in [6.45, 7) is -0.0389. The van der Waals surface area contributed by atoms with E-state index in [1.807, 2.05) is 18.2 Å². The summed E-state index contributed by atoms with van der Waals surface area (Å²) in [6.07, 6.45) is 0. The molecular weight excluding hydrogens is 154 g/mol. The molecule has 0 spiro atoms. The van der Waals surface area contributed by atoms with Gasteiger partial charge in [0, 0.05) is 5.56 Å². The largest absolute Gasteiger partial charge is 0.394 e. The SMILES string of the molecule is O=C1NC(CO)c2ccccc21. The van der Waals surface area contributed by atoms with Crippen LogP contribution in [0.1, 0.15) is 22.0 Å². The molecule has 0 aliphatic carbocycles. The van der Waals surface area contributed by atoms with E-state index in [1.54, 1.807) is 6.07 Å². The highest BCUT2D eigenvalue weighted by Crippen LogP contribution is 2.23. The van der Waals surface area contributed by atoms with Crippen molar-refractivity contribution in [1.29, 1.82) is 0 Å². The number of hydrogen-bond donors (Lipinski definition) is 2. The van der Waals surface area contributed by atoms with Crippen LogP contribution in [0.2, 0.25) is 0 Å². The number of hydrogen-bond acceptors (Lipinski definition) is 2. The normalized spacial score (nSPS) is 20.4. The fraction of sp³-hybridized carbons (Fsp3) is 0.222. The second-order valence-corrected chi connectivity index (χ2v) is 2.80. The van der Waals surface area contributed by atoms with Gasteiger partial charge in [-0.05, 0) is 11.6 Å². The van der Waals surface area contributed by atoms with Gasteiger partial charge in [0.25, 0.3) is 5.91 Å². The zero-order chi connectivity index (χ0) is 8.55. The van der Waals surface area contributed by atoms with Gasteiger partial charge in [0.1, 0.15) is 0 Å². The lowest BCUT2D eigenvalue weighted by atomic mass is 10.1. The Morgan fingerprint density at radius 3 is 2.92 bits per heavy atom. The minimum absolute atomic E-state index is 0.0389. The molecule has 1 amide bonds. The van der Waals surface area contributed by atoms with Crippen LogP contribution in [0, 0.1) is 0 Å². The quantitative estimate of drug-likeness (QED) is 0.632. The monoisotopic (exact) mass is 163 g/mol. The van der Waals surface area contributed by atoms with Crippen molar-refractivity contribution in [3.8, 4) is 0 Å². The third-order valence-corrected chi connectivity index (χ3v) is 2.07. The zero-order valence-corrected chi connectivity index (χ0v) is 6.45. The summed E-state index contributed by atoms with van der Waals surface area (Å²) in [6, 6.07) is 7.09. The van der Waals surface area contributed by atoms with Crippen LogP contribution in [-0.2, 0) is 0 Å². The van der Waals surface area contributed by atoms with Crippen molar-refractivity contribution in [2.45, 2.75) is 6.04 Å². The topological polar surface area (TPSA) is 49.3 Å². The summed E-state index contributed by atoms with van der Waals surface area (Å²) in [4.78, 5) is 11.2. The molecule has 0 bridgehead atoms. The van der Waals surface area contributed by atoms with Crippen LogP contribution in [0.3, 0.4) is 0 Å². The number of amides is 1. The van der Waals surface area contributed by atoms with Crippen molar-refractivity contribution in [1.82, 2.24) is 5.32 Å². The highest BCUT2D eigenvalue weighted by Gasteiger charge is 2.26. The van der Waals surface area contributed by atoms with Gasteiger partial charge in [-0.3, -0.25) is 4.79 Å². The maximum atomic E-state index is 11.2. The third kappa shape index (κ3) is 0.905. The van der Waals surface area contributed by atoms with Crippen LogP contribution in [0.4, 0.5) is 0 Å². The first-order chi connectivity index (χ1) is 5.83. The van der Waals surface area contributed by atoms with Gasteiger partial charge < -0.3 is 10.4 Å². The first kappa shape index (κ1) is 7.31. The molecule has 12 heavy (non-hydrogen) atoms. The summed E-state index contributed by atoms with van der Waals surface area (Å²) in [5, 5.41) is 11.6. The van der Waals surface area contributed by atoms with Crippen LogP contribution >= 0.6 is 0 Å². The number of benzene rings is 1. The molecule has 0 saturated heterocycles. The highest BCUT2D eigenvalue weighted by atomic mass is 16.3. The van der Waals surface area contributed by atoms with E-state index in [1.165, 1.54) is 0 Å². The lowest BCUT2D eigenvalue weighted by Crippen LogP contribution is -2.21. The Balaban J connectivity index is 2.50. The molecule has 3 heteroatoms. The number of nitrogens with one attached hydrogen (secondary N) is 1. The fourth-order valence-corrected chi connectivity index (χ4v) is 1.47. The third-order valence-electron chi connectivity index (χ3n) is 2.07. The minimum atomic E-state index is -0.214. The molecule has 0 fully saturated rings. The molecule has 3 nitrogen and oxygen atoms in total. The van der Waals surface area contributed by atoms with E-state index in [0.29, 0.717) is 5.56 Å². The van der Waals surface area contributed by atoms with Crippen LogP contribution in [0.15, 0.2) is 24.3 Å². The molecular formula is C9H9NO2. The molecule has 1 aliphatic heterocycles. The van der Waals surface area contributed by atoms with Crippen molar-refractivity contribution in [3.05, 3.63) is 35.4 Å². The van der Waals surface area contributed by atoms with Crippen molar-refractivity contribution >= 4 is 5.91 Å². The molecule has 1 heterocycles. The highest BCUT2D eigenvalue weighted by molar-refractivity contribution is 5.99. The number of carbonyl (C=O) groups excluding carboxylic acids is 1. The van der Waals surface area contributed by atoms with Crippen molar-refractivity contribution in [3.63, 3.8) is 0 Å². The molecule has 62 valence electrons. The van der Waals surface area contributed by atoms with Crippen molar-refractivity contribution < 1.29 is 9.90 Å². The molecule has 1 aromatic rings. The maximum absolute atomic E-state index is 11.2. The van der Waals surface area contributed by atoms with E-state index in [2.05, 4.69) is 5.32 Å². The number of aliphatic hydroxyl groups is 1. The molecule has 0 radical (unpaired) electrons. The van der Waals surface area contributed by atoms with E-state index in [-0.39, 0.29) is 18.6 Å². The Morgan fingerprint density at radius 1 is 1.42 bits per heavy atom. The van der Waals surface area contributed by atoms with E-state index < -0.39 is 0 Å². The summed E-state index contributed by atoms with van der Waals surface area (Å²) >= 11 is 0. The second-order valence-electron chi connectivity index (χ2n) is 2.80. The van der Waals surface area contributed by atoms with Crippen molar-refractivity contribution in [2.24, 2.45) is 0 Å². The van der Waals surface area contributed by atoms with Crippen LogP contribution in [0.5, 0.6) is 0 Å². The van der Waals surface area contributed by atoms with Crippen LogP contribution in [0.25, 0.3) is 0 Å². The van der Waals surface area contributed by atoms with Crippen LogP contribution in [-0.4, -0.2) is 17.6 Å². The molecule has 1 aliphatic rings. The average molecular weight is 163 g/mol. The Hall–Kier alpha value is -1.35. The maximum Gasteiger partial charge on any atom is 0.252 e. The Labute approximate surface area is 70.0 Å². The Morgan fingerprint density at radius 2 is 2.17 bits per heavy atom. The first-order valence-corrected chi connectivity index (χ1v) is 3.83. The summed E-state index contributed by atoms with van der Waals surface area (Å²) < 4.78 is 0. The molecule has 0 aromatic heterocycles. The van der Waals surface area contributed by atoms with Gasteiger partial charge >= 0.3 is 0 Å². The molecule has 1 unspecified atom stereocenters. The van der Waals surface area contributed by atoms with Gasteiger partial charge in [0.05, 0.1) is 12.6 Å². The van der Waals surface area contributed by atoms with E-state index in [4.69, 9.17) is 5.11 Å². The second kappa shape index (κ2) is 2.60. The zero-order valence-electron chi connectivity index (χ0n) is 6.45. The van der Waals surface area contributed by atoms with Crippen LogP contribution < -0.4 is 5.32 Å². The minimum Gasteiger partial charge on any atom is -0.394 e. The summed E-state index contributed by atoms with van der Waals surface area (Å²) in [7, 11) is 0. The lowest BCUT2D eigenvalue weighted by Gasteiger charge is -2.05. The summed E-state index contributed by atoms with van der Waals surface area (Å²) in [5.41, 5.74) is 1.57. The number of carbonyl (C=O) groups is 1. The molecule has 1 aromatic carbocycles. The van der Waals surface area contributed by atoms with Gasteiger partial charge in [0.15, 0.2) is 0 Å². The summed E-state index contributed by atoms with van der Waals surface area (Å²) in [5.74, 6) is -0.0929. The van der Waals surface area contributed by atoms with Gasteiger partial charge in [-0.2, -0.15) is 0 Å². The van der Waals surface area contributed by atoms with Crippen molar-refractivity contribution in [2.75, 3.05) is 6.61 Å². The van der Waals surface area contributed by atoms with Gasteiger partial charge in [-0.1, -0.05) is 18.2 Å². The number of rotatable bonds is 1. The van der Waals surface area contributed by atoms with Gasteiger partial charge in [0.2, 0.25) is 0 Å². The first-order valence-electron chi connectivity index (χ1n) is 3.83.